The number of imidazole rings is 1. The number of hydrogen-bond donors (Lipinski definition) is 2. The topological polar surface area (TPSA) is 132 Å². The lowest BCUT2D eigenvalue weighted by atomic mass is 9.88. The number of piperidine rings is 1. The summed E-state index contributed by atoms with van der Waals surface area (Å²) in [5.41, 5.74) is 15.4. The maximum atomic E-state index is 14.0. The molecule has 4 aromatic rings. The van der Waals surface area contributed by atoms with Gasteiger partial charge >= 0.3 is 0 Å². The van der Waals surface area contributed by atoms with Gasteiger partial charge in [-0.3, -0.25) is 9.78 Å². The smallest absolute Gasteiger partial charge is 0.244 e. The molecule has 0 bridgehead atoms. The molecule has 3 aromatic heterocycles. The summed E-state index contributed by atoms with van der Waals surface area (Å²) in [5.74, 6) is -1.60. The lowest BCUT2D eigenvalue weighted by molar-refractivity contribution is -0.136. The summed E-state index contributed by atoms with van der Waals surface area (Å²) in [4.78, 5) is 34.7. The summed E-state index contributed by atoms with van der Waals surface area (Å²) < 4.78 is 29.5. The highest BCUT2D eigenvalue weighted by molar-refractivity contribution is 5.87. The summed E-state index contributed by atoms with van der Waals surface area (Å²) in [6.07, 6.45) is 8.08. The number of amides is 1. The molecule has 0 radical (unpaired) electrons. The highest BCUT2D eigenvalue weighted by Gasteiger charge is 2.42. The van der Waals surface area contributed by atoms with Gasteiger partial charge in [-0.1, -0.05) is 0 Å². The Kier molecular flexibility index (Phi) is 6.34. The van der Waals surface area contributed by atoms with Crippen molar-refractivity contribution in [1.29, 1.82) is 0 Å². The van der Waals surface area contributed by atoms with Gasteiger partial charge in [0.15, 0.2) is 23.1 Å². The van der Waals surface area contributed by atoms with Crippen LogP contribution < -0.4 is 16.4 Å². The number of benzene rings is 1. The molecule has 4 N–H and O–H groups in total. The normalized spacial score (nSPS) is 19.7. The number of carbonyl (C=O) groups excluding carboxylic acids is 1. The van der Waals surface area contributed by atoms with Crippen LogP contribution in [0.4, 0.5) is 20.3 Å². The van der Waals surface area contributed by atoms with Gasteiger partial charge in [0, 0.05) is 31.7 Å². The van der Waals surface area contributed by atoms with Gasteiger partial charge in [-0.2, -0.15) is 0 Å². The zero-order chi connectivity index (χ0) is 27.1. The highest BCUT2D eigenvalue weighted by atomic mass is 19.2. The molecule has 2 saturated heterocycles. The Balaban J connectivity index is 1.39. The lowest BCUT2D eigenvalue weighted by Gasteiger charge is -2.42. The van der Waals surface area contributed by atoms with E-state index in [2.05, 4.69) is 24.8 Å². The fourth-order valence-corrected chi connectivity index (χ4v) is 5.61. The molecular weight excluding hydrogens is 504 g/mol. The third-order valence-corrected chi connectivity index (χ3v) is 7.64. The van der Waals surface area contributed by atoms with Crippen molar-refractivity contribution in [1.82, 2.24) is 29.4 Å². The first-order valence-corrected chi connectivity index (χ1v) is 13.0. The number of nitrogen functional groups attached to an aromatic ring is 1. The van der Waals surface area contributed by atoms with E-state index in [1.54, 1.807) is 12.5 Å². The molecule has 0 aliphatic carbocycles. The van der Waals surface area contributed by atoms with Crippen molar-refractivity contribution in [2.24, 2.45) is 5.73 Å². The van der Waals surface area contributed by atoms with Crippen molar-refractivity contribution in [3.05, 3.63) is 60.3 Å². The summed E-state index contributed by atoms with van der Waals surface area (Å²) in [7, 11) is 0. The second-order valence-electron chi connectivity index (χ2n) is 10.3. The molecule has 12 heteroatoms. The summed E-state index contributed by atoms with van der Waals surface area (Å²) in [5, 5.41) is 0. The number of pyridine rings is 1. The van der Waals surface area contributed by atoms with Crippen molar-refractivity contribution in [2.45, 2.75) is 37.8 Å². The van der Waals surface area contributed by atoms with Crippen LogP contribution in [0.3, 0.4) is 0 Å². The van der Waals surface area contributed by atoms with Gasteiger partial charge in [-0.15, -0.1) is 0 Å². The molecular formula is C27H29F2N9O. The minimum Gasteiger partial charge on any atom is -0.382 e. The van der Waals surface area contributed by atoms with Gasteiger partial charge in [0.25, 0.3) is 0 Å². The minimum absolute atomic E-state index is 0.00889. The van der Waals surface area contributed by atoms with Crippen molar-refractivity contribution >= 4 is 28.6 Å². The Morgan fingerprint density at radius 2 is 1.82 bits per heavy atom. The van der Waals surface area contributed by atoms with Crippen molar-refractivity contribution in [3.63, 3.8) is 0 Å². The van der Waals surface area contributed by atoms with Gasteiger partial charge in [-0.25, -0.2) is 23.7 Å². The molecule has 6 rings (SSSR count). The van der Waals surface area contributed by atoms with Gasteiger partial charge < -0.3 is 25.8 Å². The van der Waals surface area contributed by atoms with E-state index in [9.17, 15) is 13.6 Å². The second-order valence-corrected chi connectivity index (χ2v) is 10.3. The van der Waals surface area contributed by atoms with E-state index < -0.39 is 17.2 Å². The minimum atomic E-state index is -0.998. The van der Waals surface area contributed by atoms with E-state index in [1.165, 1.54) is 12.4 Å². The molecule has 39 heavy (non-hydrogen) atoms. The number of halogens is 2. The number of nitrogens with two attached hydrogens (primary N) is 2. The van der Waals surface area contributed by atoms with Crippen LogP contribution in [0.15, 0.2) is 43.1 Å². The quantitative estimate of drug-likeness (QED) is 0.400. The monoisotopic (exact) mass is 533 g/mol. The standard InChI is InChI=1S/C27H29F2N9O/c28-19-5-4-17(10-20(19)29)21-11-18(13-38-16-35-23-24(30)33-15-34-25(23)38)22(12-32-21)37-9-3-6-27(31,14-37)26(39)36-7-1-2-8-36/h4-5,10-12,15-16H,1-3,6-9,13-14,31H2,(H2,30,33,34)/t27-/m1/s1. The van der Waals surface area contributed by atoms with Gasteiger partial charge in [0.05, 0.1) is 30.5 Å². The Morgan fingerprint density at radius 1 is 1.00 bits per heavy atom. The number of rotatable bonds is 5. The average Bonchev–Trinajstić information content (AvgIpc) is 3.61. The first kappa shape index (κ1) is 25.1. The summed E-state index contributed by atoms with van der Waals surface area (Å²) in [6.45, 7) is 2.88. The van der Waals surface area contributed by atoms with Crippen molar-refractivity contribution in [2.75, 3.05) is 36.8 Å². The number of anilines is 2. The number of fused-ring (bicyclic) bond motifs is 1. The Bertz CT molecular complexity index is 1550. The van der Waals surface area contributed by atoms with E-state index in [1.807, 2.05) is 15.5 Å². The van der Waals surface area contributed by atoms with Crippen molar-refractivity contribution in [3.8, 4) is 11.3 Å². The first-order chi connectivity index (χ1) is 18.8. The van der Waals surface area contributed by atoms with E-state index >= 15 is 0 Å². The maximum absolute atomic E-state index is 14.0. The Morgan fingerprint density at radius 3 is 2.62 bits per heavy atom. The van der Waals surface area contributed by atoms with Crippen LogP contribution in [0.2, 0.25) is 0 Å². The predicted octanol–water partition coefficient (Wildman–Crippen LogP) is 2.72. The zero-order valence-electron chi connectivity index (χ0n) is 21.4. The van der Waals surface area contributed by atoms with Gasteiger partial charge in [-0.05, 0) is 55.5 Å². The van der Waals surface area contributed by atoms with E-state index in [0.717, 1.165) is 55.7 Å². The molecule has 2 fully saturated rings. The summed E-state index contributed by atoms with van der Waals surface area (Å²) in [6, 6.07) is 5.54. The third-order valence-electron chi connectivity index (χ3n) is 7.64. The fraction of sp³-hybridized carbons (Fsp3) is 0.370. The van der Waals surface area contributed by atoms with E-state index in [-0.39, 0.29) is 11.7 Å². The molecule has 2 aliphatic rings. The zero-order valence-corrected chi connectivity index (χ0v) is 21.4. The number of likely N-dealkylation sites (tertiary alicyclic amines) is 1. The Hall–Kier alpha value is -4.19. The lowest BCUT2D eigenvalue weighted by Crippen LogP contribution is -2.63. The second kappa shape index (κ2) is 9.84. The highest BCUT2D eigenvalue weighted by Crippen LogP contribution is 2.32. The van der Waals surface area contributed by atoms with Crippen LogP contribution in [-0.4, -0.2) is 67.0 Å². The van der Waals surface area contributed by atoms with Crippen LogP contribution in [0.5, 0.6) is 0 Å². The molecule has 1 atom stereocenters. The van der Waals surface area contributed by atoms with E-state index in [4.69, 9.17) is 11.5 Å². The largest absolute Gasteiger partial charge is 0.382 e. The first-order valence-electron chi connectivity index (χ1n) is 13.0. The van der Waals surface area contributed by atoms with Crippen LogP contribution >= 0.6 is 0 Å². The summed E-state index contributed by atoms with van der Waals surface area (Å²) >= 11 is 0. The molecule has 202 valence electrons. The van der Waals surface area contributed by atoms with Crippen LogP contribution in [-0.2, 0) is 11.3 Å². The van der Waals surface area contributed by atoms with Gasteiger partial charge in [0.2, 0.25) is 5.91 Å². The molecule has 1 amide bonds. The van der Waals surface area contributed by atoms with Crippen LogP contribution in [0.1, 0.15) is 31.2 Å². The molecule has 5 heterocycles. The molecule has 2 aliphatic heterocycles. The predicted molar refractivity (Wildman–Crippen MR) is 143 cm³/mol. The SMILES string of the molecule is Nc1ncnc2c1ncn2Cc1cc(-c2ccc(F)c(F)c2)ncc1N1CCC[C@](N)(C(=O)N2CCCC2)C1. The van der Waals surface area contributed by atoms with Crippen LogP contribution in [0.25, 0.3) is 22.4 Å². The molecule has 1 aromatic carbocycles. The molecule has 0 unspecified atom stereocenters. The van der Waals surface area contributed by atoms with Crippen molar-refractivity contribution < 1.29 is 13.6 Å². The number of aromatic nitrogens is 5. The third kappa shape index (κ3) is 4.65. The van der Waals surface area contributed by atoms with Crippen LogP contribution in [0, 0.1) is 11.6 Å². The van der Waals surface area contributed by atoms with Gasteiger partial charge in [0.1, 0.15) is 17.4 Å². The number of hydrogen-bond acceptors (Lipinski definition) is 8. The molecule has 10 nitrogen and oxygen atoms in total. The fourth-order valence-electron chi connectivity index (χ4n) is 5.61. The van der Waals surface area contributed by atoms with E-state index in [0.29, 0.717) is 48.5 Å². The average molecular weight is 534 g/mol. The Labute approximate surface area is 223 Å². The molecule has 0 saturated carbocycles. The number of carbonyl (C=O) groups is 1. The maximum Gasteiger partial charge on any atom is 0.244 e. The molecule has 0 spiro atoms. The number of nitrogens with zero attached hydrogens (tertiary/aromatic N) is 7.